The van der Waals surface area contributed by atoms with Crippen molar-refractivity contribution in [2.24, 2.45) is 11.3 Å². The molecule has 102 valence electrons. The number of rotatable bonds is 2. The molecule has 1 amide bonds. The first kappa shape index (κ1) is 14.7. The second-order valence-corrected chi connectivity index (χ2v) is 6.04. The summed E-state index contributed by atoms with van der Waals surface area (Å²) in [5.41, 5.74) is 0.988. The molecule has 1 rings (SSSR count). The molecule has 1 aliphatic rings. The SMILES string of the molecule is C/C(=C\C(=O)N1CCC[C@H](C(=O)O)C1)C(C)(C)C. The number of amides is 1. The Morgan fingerprint density at radius 1 is 1.33 bits per heavy atom. The van der Waals surface area contributed by atoms with Crippen molar-refractivity contribution >= 4 is 11.9 Å². The van der Waals surface area contributed by atoms with Crippen LogP contribution in [0.4, 0.5) is 0 Å². The van der Waals surface area contributed by atoms with E-state index < -0.39 is 11.9 Å². The number of carbonyl (C=O) groups is 2. The number of aliphatic carboxylic acids is 1. The maximum atomic E-state index is 12.1. The average Bonchev–Trinajstić information content (AvgIpc) is 2.27. The lowest BCUT2D eigenvalue weighted by molar-refractivity contribution is -0.144. The summed E-state index contributed by atoms with van der Waals surface area (Å²) in [4.78, 5) is 24.7. The molecule has 1 atom stereocenters. The van der Waals surface area contributed by atoms with Gasteiger partial charge in [-0.1, -0.05) is 26.3 Å². The van der Waals surface area contributed by atoms with Crippen LogP contribution in [0.25, 0.3) is 0 Å². The largest absolute Gasteiger partial charge is 0.481 e. The van der Waals surface area contributed by atoms with Crippen molar-refractivity contribution in [3.63, 3.8) is 0 Å². The van der Waals surface area contributed by atoms with Gasteiger partial charge in [0.2, 0.25) is 5.91 Å². The molecule has 1 heterocycles. The lowest BCUT2D eigenvalue weighted by Gasteiger charge is -2.30. The fourth-order valence-electron chi connectivity index (χ4n) is 1.87. The van der Waals surface area contributed by atoms with Crippen molar-refractivity contribution in [1.29, 1.82) is 0 Å². The van der Waals surface area contributed by atoms with Gasteiger partial charge in [-0.05, 0) is 25.2 Å². The molecule has 1 N–H and O–H groups in total. The van der Waals surface area contributed by atoms with Gasteiger partial charge in [0.25, 0.3) is 0 Å². The van der Waals surface area contributed by atoms with E-state index in [0.29, 0.717) is 19.5 Å². The number of hydrogen-bond donors (Lipinski definition) is 1. The maximum Gasteiger partial charge on any atom is 0.308 e. The van der Waals surface area contributed by atoms with E-state index in [9.17, 15) is 9.59 Å². The Hall–Kier alpha value is -1.32. The van der Waals surface area contributed by atoms with Gasteiger partial charge in [-0.15, -0.1) is 0 Å². The van der Waals surface area contributed by atoms with E-state index in [1.54, 1.807) is 11.0 Å². The van der Waals surface area contributed by atoms with Gasteiger partial charge in [0.1, 0.15) is 0 Å². The molecule has 1 aliphatic heterocycles. The second kappa shape index (κ2) is 5.55. The number of carbonyl (C=O) groups excluding carboxylic acids is 1. The smallest absolute Gasteiger partial charge is 0.308 e. The lowest BCUT2D eigenvalue weighted by atomic mass is 9.87. The average molecular weight is 253 g/mol. The summed E-state index contributed by atoms with van der Waals surface area (Å²) in [5.74, 6) is -1.27. The van der Waals surface area contributed by atoms with Crippen molar-refractivity contribution in [1.82, 2.24) is 4.90 Å². The Balaban J connectivity index is 2.70. The van der Waals surface area contributed by atoms with Crippen LogP contribution in [0, 0.1) is 11.3 Å². The highest BCUT2D eigenvalue weighted by atomic mass is 16.4. The molecular formula is C14H23NO3. The van der Waals surface area contributed by atoms with E-state index in [1.807, 2.05) is 6.92 Å². The number of carboxylic acids is 1. The third-order valence-electron chi connectivity index (χ3n) is 3.61. The minimum absolute atomic E-state index is 0.0301. The molecule has 0 bridgehead atoms. The predicted octanol–water partition coefficient (Wildman–Crippen LogP) is 2.30. The number of piperidine rings is 1. The van der Waals surface area contributed by atoms with Crippen LogP contribution >= 0.6 is 0 Å². The van der Waals surface area contributed by atoms with Gasteiger partial charge in [-0.3, -0.25) is 9.59 Å². The number of allylic oxidation sites excluding steroid dienone is 1. The van der Waals surface area contributed by atoms with Gasteiger partial charge in [0.05, 0.1) is 5.92 Å². The van der Waals surface area contributed by atoms with Crippen LogP contribution in [-0.2, 0) is 9.59 Å². The minimum atomic E-state index is -0.802. The first-order valence-corrected chi connectivity index (χ1v) is 6.42. The van der Waals surface area contributed by atoms with Gasteiger partial charge in [-0.25, -0.2) is 0 Å². The van der Waals surface area contributed by atoms with Gasteiger partial charge < -0.3 is 10.0 Å². The molecule has 0 saturated carbocycles. The number of nitrogens with zero attached hydrogens (tertiary/aromatic N) is 1. The fraction of sp³-hybridized carbons (Fsp3) is 0.714. The summed E-state index contributed by atoms with van der Waals surface area (Å²) >= 11 is 0. The highest BCUT2D eigenvalue weighted by molar-refractivity contribution is 5.89. The van der Waals surface area contributed by atoms with E-state index in [-0.39, 0.29) is 11.3 Å². The monoisotopic (exact) mass is 253 g/mol. The Kier molecular flexibility index (Phi) is 4.54. The molecule has 0 aromatic carbocycles. The Morgan fingerprint density at radius 3 is 2.44 bits per heavy atom. The minimum Gasteiger partial charge on any atom is -0.481 e. The summed E-state index contributed by atoms with van der Waals surface area (Å²) in [5, 5.41) is 9.00. The molecule has 4 heteroatoms. The third-order valence-corrected chi connectivity index (χ3v) is 3.61. The molecule has 0 spiro atoms. The van der Waals surface area contributed by atoms with E-state index in [2.05, 4.69) is 20.8 Å². The van der Waals surface area contributed by atoms with Crippen molar-refractivity contribution in [2.75, 3.05) is 13.1 Å². The zero-order valence-corrected chi connectivity index (χ0v) is 11.7. The molecule has 0 aliphatic carbocycles. The Morgan fingerprint density at radius 2 is 1.94 bits per heavy atom. The summed E-state index contributed by atoms with van der Waals surface area (Å²) in [6.07, 6.45) is 3.08. The zero-order chi connectivity index (χ0) is 13.9. The number of likely N-dealkylation sites (tertiary alicyclic amines) is 1. The molecule has 18 heavy (non-hydrogen) atoms. The maximum absolute atomic E-state index is 12.1. The van der Waals surface area contributed by atoms with E-state index in [4.69, 9.17) is 5.11 Å². The lowest BCUT2D eigenvalue weighted by Crippen LogP contribution is -2.41. The highest BCUT2D eigenvalue weighted by Gasteiger charge is 2.27. The van der Waals surface area contributed by atoms with Crippen molar-refractivity contribution in [3.05, 3.63) is 11.6 Å². The first-order chi connectivity index (χ1) is 8.21. The zero-order valence-electron chi connectivity index (χ0n) is 11.7. The van der Waals surface area contributed by atoms with Gasteiger partial charge >= 0.3 is 5.97 Å². The molecule has 0 aromatic heterocycles. The van der Waals surface area contributed by atoms with Crippen LogP contribution in [0.2, 0.25) is 0 Å². The van der Waals surface area contributed by atoms with Crippen LogP contribution in [0.3, 0.4) is 0 Å². The normalized spacial score (nSPS) is 21.9. The predicted molar refractivity (Wildman–Crippen MR) is 70.2 cm³/mol. The van der Waals surface area contributed by atoms with Crippen LogP contribution < -0.4 is 0 Å². The van der Waals surface area contributed by atoms with Gasteiger partial charge in [0.15, 0.2) is 0 Å². The third kappa shape index (κ3) is 3.86. The van der Waals surface area contributed by atoms with Crippen molar-refractivity contribution in [3.8, 4) is 0 Å². The first-order valence-electron chi connectivity index (χ1n) is 6.42. The Labute approximate surface area is 109 Å². The molecule has 1 fully saturated rings. The fourth-order valence-corrected chi connectivity index (χ4v) is 1.87. The molecule has 0 unspecified atom stereocenters. The number of carboxylic acid groups (broad SMARTS) is 1. The standard InChI is InChI=1S/C14H23NO3/c1-10(14(2,3)4)8-12(16)15-7-5-6-11(9-15)13(17)18/h8,11H,5-7,9H2,1-4H3,(H,17,18)/b10-8+/t11-/m0/s1. The summed E-state index contributed by atoms with van der Waals surface area (Å²) in [6.45, 7) is 9.11. The van der Waals surface area contributed by atoms with E-state index >= 15 is 0 Å². The topological polar surface area (TPSA) is 57.6 Å². The Bertz CT molecular complexity index is 366. The van der Waals surface area contributed by atoms with Gasteiger partial charge in [-0.2, -0.15) is 0 Å². The summed E-state index contributed by atoms with van der Waals surface area (Å²) in [7, 11) is 0. The summed E-state index contributed by atoms with van der Waals surface area (Å²) < 4.78 is 0. The highest BCUT2D eigenvalue weighted by Crippen LogP contribution is 2.25. The second-order valence-electron chi connectivity index (χ2n) is 6.04. The quantitative estimate of drug-likeness (QED) is 0.768. The number of hydrogen-bond acceptors (Lipinski definition) is 2. The van der Waals surface area contributed by atoms with Crippen LogP contribution in [0.15, 0.2) is 11.6 Å². The van der Waals surface area contributed by atoms with Crippen LogP contribution in [0.1, 0.15) is 40.5 Å². The molecule has 4 nitrogen and oxygen atoms in total. The van der Waals surface area contributed by atoms with Crippen molar-refractivity contribution < 1.29 is 14.7 Å². The molecular weight excluding hydrogens is 230 g/mol. The molecule has 1 saturated heterocycles. The van der Waals surface area contributed by atoms with Gasteiger partial charge in [0, 0.05) is 19.2 Å². The molecule has 0 aromatic rings. The van der Waals surface area contributed by atoms with E-state index in [1.165, 1.54) is 0 Å². The van der Waals surface area contributed by atoms with Crippen molar-refractivity contribution in [2.45, 2.75) is 40.5 Å². The van der Waals surface area contributed by atoms with E-state index in [0.717, 1.165) is 12.0 Å². The van der Waals surface area contributed by atoms with Crippen LogP contribution in [0.5, 0.6) is 0 Å². The molecule has 0 radical (unpaired) electrons. The summed E-state index contributed by atoms with van der Waals surface area (Å²) in [6, 6.07) is 0. The van der Waals surface area contributed by atoms with Crippen LogP contribution in [-0.4, -0.2) is 35.0 Å².